The highest BCUT2D eigenvalue weighted by Gasteiger charge is 2.39. The second kappa shape index (κ2) is 8.49. The van der Waals surface area contributed by atoms with Crippen LogP contribution in [0.3, 0.4) is 0 Å². The number of hydrogen-bond donors (Lipinski definition) is 1. The summed E-state index contributed by atoms with van der Waals surface area (Å²) in [6.07, 6.45) is -3.99. The second-order valence-electron chi connectivity index (χ2n) is 7.56. The SMILES string of the molecule is Cc1cccc(C(=O)NC(c2ccc(C(F)(F)F)nc2)C2CCC(F)(F)CC2)c1Cl. The Hall–Kier alpha value is -2.22. The van der Waals surface area contributed by atoms with Crippen LogP contribution in [0.2, 0.25) is 5.02 Å². The first-order valence-corrected chi connectivity index (χ1v) is 9.83. The van der Waals surface area contributed by atoms with E-state index in [1.807, 2.05) is 0 Å². The van der Waals surface area contributed by atoms with Gasteiger partial charge in [-0.2, -0.15) is 13.2 Å². The number of carbonyl (C=O) groups is 1. The van der Waals surface area contributed by atoms with Gasteiger partial charge in [-0.1, -0.05) is 29.8 Å². The van der Waals surface area contributed by atoms with E-state index in [-0.39, 0.29) is 42.2 Å². The number of aryl methyl sites for hydroxylation is 1. The van der Waals surface area contributed by atoms with Crippen LogP contribution in [0.25, 0.3) is 0 Å². The molecule has 0 radical (unpaired) electrons. The molecule has 1 amide bonds. The standard InChI is InChI=1S/C21H20ClF5N2O/c1-12-3-2-4-15(17(12)22)19(30)29-18(13-7-9-20(23,24)10-8-13)14-5-6-16(28-11-14)21(25,26)27/h2-6,11,13,18H,7-10H2,1H3,(H,29,30). The molecule has 2 aromatic rings. The molecule has 0 saturated heterocycles. The molecule has 9 heteroatoms. The van der Waals surface area contributed by atoms with Gasteiger partial charge in [0.1, 0.15) is 5.69 Å². The lowest BCUT2D eigenvalue weighted by Gasteiger charge is -2.34. The first-order chi connectivity index (χ1) is 14.0. The van der Waals surface area contributed by atoms with Gasteiger partial charge in [0.2, 0.25) is 5.92 Å². The first kappa shape index (κ1) is 22.5. The molecule has 1 aliphatic rings. The fourth-order valence-corrected chi connectivity index (χ4v) is 3.88. The number of benzene rings is 1. The molecule has 0 bridgehead atoms. The highest BCUT2D eigenvalue weighted by molar-refractivity contribution is 6.34. The van der Waals surface area contributed by atoms with Crippen molar-refractivity contribution in [2.24, 2.45) is 5.92 Å². The Labute approximate surface area is 175 Å². The number of carbonyl (C=O) groups excluding carboxylic acids is 1. The zero-order valence-electron chi connectivity index (χ0n) is 16.1. The van der Waals surface area contributed by atoms with E-state index in [2.05, 4.69) is 10.3 Å². The molecule has 1 unspecified atom stereocenters. The van der Waals surface area contributed by atoms with Crippen LogP contribution in [-0.2, 0) is 6.18 Å². The fraction of sp³-hybridized carbons (Fsp3) is 0.429. The normalized spacial score (nSPS) is 18.1. The fourth-order valence-electron chi connectivity index (χ4n) is 3.67. The van der Waals surface area contributed by atoms with Crippen molar-refractivity contribution in [1.29, 1.82) is 0 Å². The Bertz CT molecular complexity index is 905. The van der Waals surface area contributed by atoms with Crippen LogP contribution in [0.1, 0.15) is 58.9 Å². The molecule has 0 aliphatic heterocycles. The Balaban J connectivity index is 1.90. The third kappa shape index (κ3) is 5.09. The van der Waals surface area contributed by atoms with Gasteiger partial charge in [0, 0.05) is 19.0 Å². The van der Waals surface area contributed by atoms with Gasteiger partial charge in [-0.25, -0.2) is 8.78 Å². The van der Waals surface area contributed by atoms with E-state index in [0.29, 0.717) is 11.1 Å². The number of nitrogens with zero attached hydrogens (tertiary/aromatic N) is 1. The lowest BCUT2D eigenvalue weighted by molar-refractivity contribution is -0.141. The van der Waals surface area contributed by atoms with E-state index < -0.39 is 29.7 Å². The van der Waals surface area contributed by atoms with E-state index in [9.17, 15) is 26.7 Å². The number of nitrogens with one attached hydrogen (secondary N) is 1. The van der Waals surface area contributed by atoms with Crippen molar-refractivity contribution in [3.63, 3.8) is 0 Å². The van der Waals surface area contributed by atoms with Crippen molar-refractivity contribution < 1.29 is 26.7 Å². The first-order valence-electron chi connectivity index (χ1n) is 9.45. The van der Waals surface area contributed by atoms with Crippen molar-refractivity contribution in [2.45, 2.75) is 50.7 Å². The van der Waals surface area contributed by atoms with Gasteiger partial charge in [-0.15, -0.1) is 0 Å². The molecule has 30 heavy (non-hydrogen) atoms. The smallest absolute Gasteiger partial charge is 0.345 e. The molecule has 162 valence electrons. The number of alkyl halides is 5. The maximum Gasteiger partial charge on any atom is 0.433 e. The number of halogens is 6. The van der Waals surface area contributed by atoms with Crippen LogP contribution in [0.15, 0.2) is 36.5 Å². The Morgan fingerprint density at radius 3 is 2.43 bits per heavy atom. The average Bonchev–Trinajstić information content (AvgIpc) is 2.68. The van der Waals surface area contributed by atoms with Crippen LogP contribution in [-0.4, -0.2) is 16.8 Å². The van der Waals surface area contributed by atoms with Crippen molar-refractivity contribution in [2.75, 3.05) is 0 Å². The van der Waals surface area contributed by atoms with Gasteiger partial charge in [0.15, 0.2) is 0 Å². The average molecular weight is 447 g/mol. The zero-order valence-corrected chi connectivity index (χ0v) is 16.8. The number of amides is 1. The lowest BCUT2D eigenvalue weighted by atomic mass is 9.79. The third-order valence-electron chi connectivity index (χ3n) is 5.39. The minimum absolute atomic E-state index is 0.126. The summed E-state index contributed by atoms with van der Waals surface area (Å²) < 4.78 is 65.8. The highest BCUT2D eigenvalue weighted by atomic mass is 35.5. The molecule has 1 saturated carbocycles. The van der Waals surface area contributed by atoms with E-state index in [1.54, 1.807) is 19.1 Å². The lowest BCUT2D eigenvalue weighted by Crippen LogP contribution is -2.37. The summed E-state index contributed by atoms with van der Waals surface area (Å²) in [6, 6.07) is 6.21. The summed E-state index contributed by atoms with van der Waals surface area (Å²) in [7, 11) is 0. The molecule has 1 aliphatic carbocycles. The van der Waals surface area contributed by atoms with E-state index in [1.165, 1.54) is 12.1 Å². The molecular weight excluding hydrogens is 427 g/mol. The minimum atomic E-state index is -4.60. The second-order valence-corrected chi connectivity index (χ2v) is 7.93. The molecule has 1 N–H and O–H groups in total. The zero-order chi connectivity index (χ0) is 22.1. The van der Waals surface area contributed by atoms with Crippen LogP contribution >= 0.6 is 11.6 Å². The number of aromatic nitrogens is 1. The van der Waals surface area contributed by atoms with Crippen molar-refractivity contribution in [3.8, 4) is 0 Å². The van der Waals surface area contributed by atoms with Crippen molar-refractivity contribution in [3.05, 3.63) is 63.9 Å². The minimum Gasteiger partial charge on any atom is -0.345 e. The topological polar surface area (TPSA) is 42.0 Å². The summed E-state index contributed by atoms with van der Waals surface area (Å²) in [5.74, 6) is -3.66. The summed E-state index contributed by atoms with van der Waals surface area (Å²) in [4.78, 5) is 16.3. The molecule has 1 aromatic carbocycles. The van der Waals surface area contributed by atoms with Crippen LogP contribution in [0, 0.1) is 12.8 Å². The molecule has 3 rings (SSSR count). The summed E-state index contributed by atoms with van der Waals surface area (Å²) >= 11 is 6.21. The van der Waals surface area contributed by atoms with E-state index in [0.717, 1.165) is 12.3 Å². The third-order valence-corrected chi connectivity index (χ3v) is 5.89. The van der Waals surface area contributed by atoms with Gasteiger partial charge in [-0.3, -0.25) is 9.78 Å². The van der Waals surface area contributed by atoms with E-state index >= 15 is 0 Å². The largest absolute Gasteiger partial charge is 0.433 e. The monoisotopic (exact) mass is 446 g/mol. The van der Waals surface area contributed by atoms with Crippen molar-refractivity contribution >= 4 is 17.5 Å². The van der Waals surface area contributed by atoms with Gasteiger partial charge in [0.05, 0.1) is 16.6 Å². The molecule has 1 heterocycles. The number of pyridine rings is 1. The van der Waals surface area contributed by atoms with Crippen LogP contribution < -0.4 is 5.32 Å². The van der Waals surface area contributed by atoms with Gasteiger partial charge >= 0.3 is 6.18 Å². The van der Waals surface area contributed by atoms with E-state index in [4.69, 9.17) is 11.6 Å². The quantitative estimate of drug-likeness (QED) is 0.555. The summed E-state index contributed by atoms with van der Waals surface area (Å²) in [6.45, 7) is 1.74. The maximum atomic E-state index is 13.6. The van der Waals surface area contributed by atoms with Crippen LogP contribution in [0.5, 0.6) is 0 Å². The molecule has 3 nitrogen and oxygen atoms in total. The Morgan fingerprint density at radius 1 is 1.20 bits per heavy atom. The molecule has 0 spiro atoms. The molecule has 1 fully saturated rings. The van der Waals surface area contributed by atoms with Crippen molar-refractivity contribution in [1.82, 2.24) is 10.3 Å². The molecule has 1 atom stereocenters. The predicted molar refractivity (Wildman–Crippen MR) is 103 cm³/mol. The molecular formula is C21H20ClF5N2O. The number of hydrogen-bond acceptors (Lipinski definition) is 2. The Morgan fingerprint density at radius 2 is 1.87 bits per heavy atom. The molecule has 1 aromatic heterocycles. The maximum absolute atomic E-state index is 13.6. The van der Waals surface area contributed by atoms with Gasteiger partial charge in [0.25, 0.3) is 5.91 Å². The van der Waals surface area contributed by atoms with Gasteiger partial charge in [-0.05, 0) is 48.9 Å². The van der Waals surface area contributed by atoms with Gasteiger partial charge < -0.3 is 5.32 Å². The summed E-state index contributed by atoms with van der Waals surface area (Å²) in [5, 5.41) is 3.04. The Kier molecular flexibility index (Phi) is 6.36. The summed E-state index contributed by atoms with van der Waals surface area (Å²) in [5.41, 5.74) is 0.167. The predicted octanol–water partition coefficient (Wildman–Crippen LogP) is 6.36. The number of rotatable bonds is 4. The highest BCUT2D eigenvalue weighted by Crippen LogP contribution is 2.42. The van der Waals surface area contributed by atoms with Crippen LogP contribution in [0.4, 0.5) is 22.0 Å².